The zero-order chi connectivity index (χ0) is 14.5. The van der Waals surface area contributed by atoms with E-state index in [2.05, 4.69) is 15.3 Å². The summed E-state index contributed by atoms with van der Waals surface area (Å²) in [7, 11) is 0. The number of amides is 1. The number of carbonyl (C=O) groups is 1. The highest BCUT2D eigenvalue weighted by molar-refractivity contribution is 5.93. The molecule has 0 aliphatic heterocycles. The number of hydrogen-bond donors (Lipinski definition) is 1. The molecule has 2 rings (SSSR count). The van der Waals surface area contributed by atoms with Crippen LogP contribution >= 0.6 is 0 Å². The first kappa shape index (κ1) is 14.2. The predicted octanol–water partition coefficient (Wildman–Crippen LogP) is 2.82. The van der Waals surface area contributed by atoms with Crippen molar-refractivity contribution in [2.24, 2.45) is 0 Å². The van der Waals surface area contributed by atoms with Gasteiger partial charge in [-0.3, -0.25) is 9.78 Å². The number of pyridine rings is 1. The van der Waals surface area contributed by atoms with Crippen LogP contribution in [0.25, 0.3) is 0 Å². The number of aromatic nitrogens is 2. The molecule has 0 spiro atoms. The van der Waals surface area contributed by atoms with Gasteiger partial charge in [0.15, 0.2) is 12.1 Å². The van der Waals surface area contributed by atoms with Gasteiger partial charge in [-0.1, -0.05) is 19.9 Å². The van der Waals surface area contributed by atoms with Crippen LogP contribution in [0.1, 0.15) is 53.8 Å². The zero-order valence-electron chi connectivity index (χ0n) is 12.0. The highest BCUT2D eigenvalue weighted by Gasteiger charge is 2.19. The number of oxazole rings is 1. The van der Waals surface area contributed by atoms with Crippen LogP contribution in [0.5, 0.6) is 0 Å². The SMILES string of the molecule is CCc1ocnc1C(=O)N[C@@H](CC)c1ccc(C)cn1. The standard InChI is InChI=1S/C15H19N3O2/c1-4-11(12-7-6-10(3)8-16-12)18-15(19)14-13(5-2)20-9-17-14/h6-9,11H,4-5H2,1-3H3,(H,18,19)/t11-/m0/s1. The molecule has 0 fully saturated rings. The van der Waals surface area contributed by atoms with Gasteiger partial charge in [-0.05, 0) is 25.0 Å². The van der Waals surface area contributed by atoms with E-state index < -0.39 is 0 Å². The summed E-state index contributed by atoms with van der Waals surface area (Å²) in [5.74, 6) is 0.388. The molecule has 2 aromatic heterocycles. The maximum Gasteiger partial charge on any atom is 0.274 e. The first-order valence-electron chi connectivity index (χ1n) is 6.81. The summed E-state index contributed by atoms with van der Waals surface area (Å²) in [5, 5.41) is 2.96. The van der Waals surface area contributed by atoms with Crippen molar-refractivity contribution in [3.8, 4) is 0 Å². The van der Waals surface area contributed by atoms with E-state index in [0.29, 0.717) is 17.9 Å². The van der Waals surface area contributed by atoms with Crippen molar-refractivity contribution >= 4 is 5.91 Å². The summed E-state index contributed by atoms with van der Waals surface area (Å²) < 4.78 is 5.18. The van der Waals surface area contributed by atoms with E-state index in [9.17, 15) is 4.79 Å². The minimum atomic E-state index is -0.218. The largest absolute Gasteiger partial charge is 0.448 e. The highest BCUT2D eigenvalue weighted by atomic mass is 16.3. The van der Waals surface area contributed by atoms with E-state index >= 15 is 0 Å². The lowest BCUT2D eigenvalue weighted by Crippen LogP contribution is -2.29. The average Bonchev–Trinajstić information content (AvgIpc) is 2.94. The summed E-state index contributed by atoms with van der Waals surface area (Å²) in [4.78, 5) is 20.6. The number of aryl methyl sites for hydroxylation is 2. The molecule has 0 saturated heterocycles. The fraction of sp³-hybridized carbons (Fsp3) is 0.400. The monoisotopic (exact) mass is 273 g/mol. The number of carbonyl (C=O) groups excluding carboxylic acids is 1. The van der Waals surface area contributed by atoms with E-state index in [0.717, 1.165) is 17.7 Å². The Morgan fingerprint density at radius 2 is 2.15 bits per heavy atom. The lowest BCUT2D eigenvalue weighted by Gasteiger charge is -2.16. The number of hydrogen-bond acceptors (Lipinski definition) is 4. The molecule has 1 atom stereocenters. The van der Waals surface area contributed by atoms with Gasteiger partial charge in [-0.2, -0.15) is 0 Å². The molecule has 0 aliphatic rings. The van der Waals surface area contributed by atoms with Gasteiger partial charge in [0.2, 0.25) is 0 Å². The predicted molar refractivity (Wildman–Crippen MR) is 75.4 cm³/mol. The zero-order valence-corrected chi connectivity index (χ0v) is 12.0. The van der Waals surface area contributed by atoms with E-state index in [1.54, 1.807) is 6.20 Å². The van der Waals surface area contributed by atoms with Gasteiger partial charge in [0.1, 0.15) is 5.76 Å². The van der Waals surface area contributed by atoms with Crippen LogP contribution < -0.4 is 5.32 Å². The third kappa shape index (κ3) is 3.04. The molecular weight excluding hydrogens is 254 g/mol. The molecule has 5 nitrogen and oxygen atoms in total. The fourth-order valence-electron chi connectivity index (χ4n) is 2.00. The molecule has 2 heterocycles. The number of nitrogens with one attached hydrogen (secondary N) is 1. The van der Waals surface area contributed by atoms with Crippen molar-refractivity contribution in [2.75, 3.05) is 0 Å². The number of nitrogens with zero attached hydrogens (tertiary/aromatic N) is 2. The quantitative estimate of drug-likeness (QED) is 0.909. The minimum Gasteiger partial charge on any atom is -0.448 e. The Balaban J connectivity index is 2.14. The van der Waals surface area contributed by atoms with Gasteiger partial charge in [0.25, 0.3) is 5.91 Å². The molecule has 20 heavy (non-hydrogen) atoms. The summed E-state index contributed by atoms with van der Waals surface area (Å²) in [5.41, 5.74) is 2.31. The van der Waals surface area contributed by atoms with E-state index in [1.165, 1.54) is 6.39 Å². The van der Waals surface area contributed by atoms with E-state index in [-0.39, 0.29) is 11.9 Å². The Morgan fingerprint density at radius 3 is 2.75 bits per heavy atom. The molecule has 0 radical (unpaired) electrons. The minimum absolute atomic E-state index is 0.121. The second-order valence-corrected chi connectivity index (χ2v) is 4.67. The van der Waals surface area contributed by atoms with Crippen molar-refractivity contribution in [1.29, 1.82) is 0 Å². The lowest BCUT2D eigenvalue weighted by molar-refractivity contribution is 0.0928. The van der Waals surface area contributed by atoms with Crippen molar-refractivity contribution < 1.29 is 9.21 Å². The van der Waals surface area contributed by atoms with Crippen molar-refractivity contribution in [3.63, 3.8) is 0 Å². The summed E-state index contributed by atoms with van der Waals surface area (Å²) in [6.45, 7) is 5.92. The maximum absolute atomic E-state index is 12.2. The van der Waals surface area contributed by atoms with E-state index in [1.807, 2.05) is 32.9 Å². The molecule has 5 heteroatoms. The van der Waals surface area contributed by atoms with Gasteiger partial charge >= 0.3 is 0 Å². The first-order valence-corrected chi connectivity index (χ1v) is 6.81. The molecule has 0 saturated carbocycles. The second-order valence-electron chi connectivity index (χ2n) is 4.67. The van der Waals surface area contributed by atoms with Crippen LogP contribution in [-0.4, -0.2) is 15.9 Å². The topological polar surface area (TPSA) is 68.0 Å². The Bertz CT molecular complexity index is 575. The van der Waals surface area contributed by atoms with Gasteiger partial charge in [0.05, 0.1) is 11.7 Å². The van der Waals surface area contributed by atoms with Crippen LogP contribution in [-0.2, 0) is 6.42 Å². The van der Waals surface area contributed by atoms with Crippen LogP contribution in [0.3, 0.4) is 0 Å². The summed E-state index contributed by atoms with van der Waals surface area (Å²) in [6.07, 6.45) is 4.51. The molecule has 106 valence electrons. The van der Waals surface area contributed by atoms with Gasteiger partial charge < -0.3 is 9.73 Å². The molecule has 0 aliphatic carbocycles. The lowest BCUT2D eigenvalue weighted by atomic mass is 10.1. The van der Waals surface area contributed by atoms with Crippen molar-refractivity contribution in [3.05, 3.63) is 47.4 Å². The van der Waals surface area contributed by atoms with Gasteiger partial charge in [-0.15, -0.1) is 0 Å². The third-order valence-electron chi connectivity index (χ3n) is 3.18. The molecule has 2 aromatic rings. The van der Waals surface area contributed by atoms with Crippen LogP contribution in [0.4, 0.5) is 0 Å². The van der Waals surface area contributed by atoms with Crippen molar-refractivity contribution in [1.82, 2.24) is 15.3 Å². The van der Waals surface area contributed by atoms with Crippen molar-refractivity contribution in [2.45, 2.75) is 39.7 Å². The molecule has 1 amide bonds. The first-order chi connectivity index (χ1) is 9.65. The molecule has 1 N–H and O–H groups in total. The third-order valence-corrected chi connectivity index (χ3v) is 3.18. The van der Waals surface area contributed by atoms with Gasteiger partial charge in [-0.25, -0.2) is 4.98 Å². The highest BCUT2D eigenvalue weighted by Crippen LogP contribution is 2.16. The van der Waals surface area contributed by atoms with E-state index in [4.69, 9.17) is 4.42 Å². The Morgan fingerprint density at radius 1 is 1.35 bits per heavy atom. The van der Waals surface area contributed by atoms with Crippen LogP contribution in [0.15, 0.2) is 29.1 Å². The van der Waals surface area contributed by atoms with Crippen LogP contribution in [0, 0.1) is 6.92 Å². The molecule has 0 aromatic carbocycles. The smallest absolute Gasteiger partial charge is 0.274 e. The normalized spacial score (nSPS) is 12.2. The van der Waals surface area contributed by atoms with Crippen LogP contribution in [0.2, 0.25) is 0 Å². The Kier molecular flexibility index (Phi) is 4.50. The summed E-state index contributed by atoms with van der Waals surface area (Å²) >= 11 is 0. The maximum atomic E-state index is 12.2. The summed E-state index contributed by atoms with van der Waals surface area (Å²) in [6, 6.07) is 3.81. The molecule has 0 unspecified atom stereocenters. The van der Waals surface area contributed by atoms with Gasteiger partial charge in [0, 0.05) is 12.6 Å². The molecule has 0 bridgehead atoms. The molecular formula is C15H19N3O2. The Hall–Kier alpha value is -2.17. The average molecular weight is 273 g/mol. The fourth-order valence-corrected chi connectivity index (χ4v) is 2.00. The second kappa shape index (κ2) is 6.32. The number of rotatable bonds is 5. The Labute approximate surface area is 118 Å².